The molecule has 0 aliphatic carbocycles. The van der Waals surface area contributed by atoms with Crippen molar-refractivity contribution in [3.05, 3.63) is 52.3 Å². The van der Waals surface area contributed by atoms with Gasteiger partial charge in [-0.15, -0.1) is 0 Å². The summed E-state index contributed by atoms with van der Waals surface area (Å²) in [6.45, 7) is 5.38. The first-order chi connectivity index (χ1) is 12.9. The summed E-state index contributed by atoms with van der Waals surface area (Å²) in [5.41, 5.74) is 3.52. The molecule has 27 heavy (non-hydrogen) atoms. The fraction of sp³-hybridized carbons (Fsp3) is 0.350. The smallest absolute Gasteiger partial charge is 0.339 e. The number of hydrogen-bond acceptors (Lipinski definition) is 4. The molecule has 3 N–H and O–H groups in total. The first-order valence-electron chi connectivity index (χ1n) is 8.88. The summed E-state index contributed by atoms with van der Waals surface area (Å²) >= 11 is 0. The molecular formula is C20H25N3O4. The number of hydrogen-bond donors (Lipinski definition) is 3. The van der Waals surface area contributed by atoms with Crippen LogP contribution in [0.25, 0.3) is 0 Å². The second-order valence-electron chi connectivity index (χ2n) is 6.07. The van der Waals surface area contributed by atoms with E-state index in [1.54, 1.807) is 6.92 Å². The van der Waals surface area contributed by atoms with Gasteiger partial charge in [-0.05, 0) is 37.0 Å². The van der Waals surface area contributed by atoms with Crippen LogP contribution in [-0.2, 0) is 22.4 Å². The Hall–Kier alpha value is -3.09. The van der Waals surface area contributed by atoms with E-state index in [-0.39, 0.29) is 18.1 Å². The molecule has 2 amide bonds. The molecule has 0 aliphatic heterocycles. The van der Waals surface area contributed by atoms with Crippen LogP contribution in [0.4, 0.5) is 5.69 Å². The highest BCUT2D eigenvalue weighted by Crippen LogP contribution is 2.20. The lowest BCUT2D eigenvalue weighted by molar-refractivity contribution is -0.115. The van der Waals surface area contributed by atoms with Crippen LogP contribution in [0.3, 0.4) is 0 Å². The van der Waals surface area contributed by atoms with Gasteiger partial charge in [-0.1, -0.05) is 32.0 Å². The Morgan fingerprint density at radius 2 is 1.81 bits per heavy atom. The Kier molecular flexibility index (Phi) is 6.76. The molecular weight excluding hydrogens is 346 g/mol. The van der Waals surface area contributed by atoms with Crippen molar-refractivity contribution in [2.24, 2.45) is 0 Å². The minimum Gasteiger partial charge on any atom is -0.465 e. The molecule has 0 atom stereocenters. The van der Waals surface area contributed by atoms with E-state index in [1.807, 2.05) is 38.1 Å². The van der Waals surface area contributed by atoms with E-state index in [0.29, 0.717) is 23.2 Å². The number of para-hydroxylation sites is 1. The molecule has 0 spiro atoms. The van der Waals surface area contributed by atoms with Crippen molar-refractivity contribution in [3.63, 3.8) is 0 Å². The molecule has 1 aromatic heterocycles. The Balaban J connectivity index is 2.06. The van der Waals surface area contributed by atoms with Gasteiger partial charge in [-0.25, -0.2) is 4.79 Å². The van der Waals surface area contributed by atoms with Gasteiger partial charge in [0.15, 0.2) is 0 Å². The lowest BCUT2D eigenvalue weighted by atomic mass is 10.1. The zero-order valence-corrected chi connectivity index (χ0v) is 16.1. The molecule has 0 unspecified atom stereocenters. The normalized spacial score (nSPS) is 10.4. The third-order valence-electron chi connectivity index (χ3n) is 4.38. The number of methoxy groups -OCH3 is 1. The molecule has 1 heterocycles. The molecule has 144 valence electrons. The minimum absolute atomic E-state index is 0.176. The number of ether oxygens (including phenoxy) is 1. The summed E-state index contributed by atoms with van der Waals surface area (Å²) < 4.78 is 4.78. The van der Waals surface area contributed by atoms with Crippen LogP contribution in [0.15, 0.2) is 24.3 Å². The van der Waals surface area contributed by atoms with E-state index in [9.17, 15) is 14.4 Å². The topological polar surface area (TPSA) is 100 Å². The van der Waals surface area contributed by atoms with E-state index in [2.05, 4.69) is 15.6 Å². The number of H-pyrrole nitrogens is 1. The Bertz CT molecular complexity index is 855. The minimum atomic E-state index is -0.492. The van der Waals surface area contributed by atoms with E-state index in [4.69, 9.17) is 4.74 Å². The van der Waals surface area contributed by atoms with Gasteiger partial charge < -0.3 is 20.4 Å². The van der Waals surface area contributed by atoms with E-state index in [0.717, 1.165) is 17.7 Å². The van der Waals surface area contributed by atoms with Gasteiger partial charge in [-0.3, -0.25) is 9.59 Å². The number of aromatic amines is 1. The number of amides is 2. The van der Waals surface area contributed by atoms with Gasteiger partial charge in [0.05, 0.1) is 19.2 Å². The number of anilines is 1. The maximum atomic E-state index is 12.5. The summed E-state index contributed by atoms with van der Waals surface area (Å²) in [6.07, 6.45) is 1.34. The van der Waals surface area contributed by atoms with Crippen molar-refractivity contribution in [2.45, 2.75) is 33.6 Å². The van der Waals surface area contributed by atoms with Gasteiger partial charge in [0.2, 0.25) is 5.91 Å². The molecule has 0 saturated carbocycles. The lowest BCUT2D eigenvalue weighted by Crippen LogP contribution is -2.33. The van der Waals surface area contributed by atoms with Crippen molar-refractivity contribution in [2.75, 3.05) is 19.0 Å². The molecule has 0 radical (unpaired) electrons. The van der Waals surface area contributed by atoms with Crippen LogP contribution in [0.5, 0.6) is 0 Å². The van der Waals surface area contributed by atoms with E-state index < -0.39 is 11.9 Å². The molecule has 2 aromatic rings. The van der Waals surface area contributed by atoms with Crippen molar-refractivity contribution < 1.29 is 19.1 Å². The summed E-state index contributed by atoms with van der Waals surface area (Å²) in [6, 6.07) is 7.52. The standard InChI is InChI=1S/C20H25N3O4/c1-5-13-9-7-8-10-15(13)22-16(24)11-21-19(25)18-12(3)17(20(26)27-4)14(6-2)23-18/h7-10,23H,5-6,11H2,1-4H3,(H,21,25)(H,22,24). The number of aryl methyl sites for hydroxylation is 2. The van der Waals surface area contributed by atoms with Gasteiger partial charge in [0.1, 0.15) is 5.69 Å². The maximum absolute atomic E-state index is 12.5. The largest absolute Gasteiger partial charge is 0.465 e. The SMILES string of the molecule is CCc1ccccc1NC(=O)CNC(=O)c1[nH]c(CC)c(C(=O)OC)c1C. The molecule has 0 saturated heterocycles. The fourth-order valence-electron chi connectivity index (χ4n) is 2.92. The van der Waals surface area contributed by atoms with Crippen LogP contribution in [-0.4, -0.2) is 36.4 Å². The molecule has 0 fully saturated rings. The van der Waals surface area contributed by atoms with E-state index >= 15 is 0 Å². The second-order valence-corrected chi connectivity index (χ2v) is 6.07. The predicted octanol–water partition coefficient (Wildman–Crippen LogP) is 2.60. The average Bonchev–Trinajstić information content (AvgIpc) is 3.02. The molecule has 1 aromatic carbocycles. The highest BCUT2D eigenvalue weighted by molar-refractivity contribution is 6.02. The monoisotopic (exact) mass is 371 g/mol. The third kappa shape index (κ3) is 4.55. The van der Waals surface area contributed by atoms with E-state index in [1.165, 1.54) is 7.11 Å². The zero-order chi connectivity index (χ0) is 20.0. The highest BCUT2D eigenvalue weighted by atomic mass is 16.5. The third-order valence-corrected chi connectivity index (χ3v) is 4.38. The molecule has 2 rings (SSSR count). The molecule has 7 nitrogen and oxygen atoms in total. The molecule has 0 aliphatic rings. The van der Waals surface area contributed by atoms with Gasteiger partial charge in [-0.2, -0.15) is 0 Å². The molecule has 7 heteroatoms. The molecule has 0 bridgehead atoms. The fourth-order valence-corrected chi connectivity index (χ4v) is 2.92. The first-order valence-corrected chi connectivity index (χ1v) is 8.88. The van der Waals surface area contributed by atoms with Gasteiger partial charge in [0.25, 0.3) is 5.91 Å². The highest BCUT2D eigenvalue weighted by Gasteiger charge is 2.23. The maximum Gasteiger partial charge on any atom is 0.339 e. The zero-order valence-electron chi connectivity index (χ0n) is 16.1. The summed E-state index contributed by atoms with van der Waals surface area (Å²) in [4.78, 5) is 39.5. The van der Waals surface area contributed by atoms with Gasteiger partial charge >= 0.3 is 5.97 Å². The average molecular weight is 371 g/mol. The number of nitrogens with one attached hydrogen (secondary N) is 3. The van der Waals surface area contributed by atoms with Crippen molar-refractivity contribution in [1.82, 2.24) is 10.3 Å². The van der Waals surface area contributed by atoms with Crippen LogP contribution < -0.4 is 10.6 Å². The van der Waals surface area contributed by atoms with Gasteiger partial charge in [0, 0.05) is 11.4 Å². The van der Waals surface area contributed by atoms with Crippen molar-refractivity contribution in [3.8, 4) is 0 Å². The number of benzene rings is 1. The number of carbonyl (C=O) groups is 3. The van der Waals surface area contributed by atoms with Crippen LogP contribution in [0.2, 0.25) is 0 Å². The first kappa shape index (κ1) is 20.2. The van der Waals surface area contributed by atoms with Crippen LogP contribution in [0, 0.1) is 6.92 Å². The number of rotatable bonds is 7. The number of esters is 1. The van der Waals surface area contributed by atoms with Crippen LogP contribution in [0.1, 0.15) is 51.5 Å². The summed E-state index contributed by atoms with van der Waals surface area (Å²) in [7, 11) is 1.30. The summed E-state index contributed by atoms with van der Waals surface area (Å²) in [5.74, 6) is -1.26. The number of aromatic nitrogens is 1. The second kappa shape index (κ2) is 9.02. The number of carbonyl (C=O) groups excluding carboxylic acids is 3. The van der Waals surface area contributed by atoms with Crippen LogP contribution >= 0.6 is 0 Å². The Morgan fingerprint density at radius 1 is 1.11 bits per heavy atom. The quantitative estimate of drug-likeness (QED) is 0.651. The predicted molar refractivity (Wildman–Crippen MR) is 103 cm³/mol. The van der Waals surface area contributed by atoms with Crippen molar-refractivity contribution >= 4 is 23.5 Å². The van der Waals surface area contributed by atoms with Crippen molar-refractivity contribution in [1.29, 1.82) is 0 Å². The Morgan fingerprint density at radius 3 is 2.44 bits per heavy atom. The summed E-state index contributed by atoms with van der Waals surface area (Å²) in [5, 5.41) is 5.38. The Labute approximate surface area is 158 Å². The lowest BCUT2D eigenvalue weighted by Gasteiger charge is -2.10.